The van der Waals surface area contributed by atoms with Crippen molar-refractivity contribution >= 4 is 31.6 Å². The first-order valence-corrected chi connectivity index (χ1v) is 8.90. The summed E-state index contributed by atoms with van der Waals surface area (Å²) >= 11 is 1.41. The lowest BCUT2D eigenvalue weighted by Crippen LogP contribution is -2.31. The molecule has 0 amide bonds. The lowest BCUT2D eigenvalue weighted by molar-refractivity contribution is 0.0562. The second kappa shape index (κ2) is 6.14. The van der Waals surface area contributed by atoms with E-state index >= 15 is 0 Å². The zero-order valence-electron chi connectivity index (χ0n) is 13.7. The quantitative estimate of drug-likeness (QED) is 0.729. The van der Waals surface area contributed by atoms with Gasteiger partial charge in [0.15, 0.2) is 0 Å². The predicted molar refractivity (Wildman–Crippen MR) is 94.0 cm³/mol. The summed E-state index contributed by atoms with van der Waals surface area (Å²) in [5.74, 6) is 0.728. The molecule has 0 bridgehead atoms. The van der Waals surface area contributed by atoms with E-state index in [0.29, 0.717) is 10.8 Å². The van der Waals surface area contributed by atoms with Gasteiger partial charge in [0.05, 0.1) is 30.8 Å². The molecule has 1 fully saturated rings. The van der Waals surface area contributed by atoms with Gasteiger partial charge in [-0.25, -0.2) is 9.67 Å². The van der Waals surface area contributed by atoms with E-state index in [1.54, 1.807) is 31.3 Å². The largest absolute Gasteiger partial charge is 0.496 e. The maximum Gasteiger partial charge on any atom is 0.285 e. The highest BCUT2D eigenvalue weighted by Gasteiger charge is 2.25. The molecule has 0 aliphatic heterocycles. The van der Waals surface area contributed by atoms with Gasteiger partial charge in [-0.15, -0.1) is 11.3 Å². The van der Waals surface area contributed by atoms with Crippen LogP contribution < -0.4 is 10.3 Å². The highest BCUT2D eigenvalue weighted by Crippen LogP contribution is 2.36. The van der Waals surface area contributed by atoms with Crippen molar-refractivity contribution in [3.63, 3.8) is 0 Å². The van der Waals surface area contributed by atoms with Crippen LogP contribution in [0.5, 0.6) is 5.75 Å². The number of pyridine rings is 1. The van der Waals surface area contributed by atoms with Gasteiger partial charge in [-0.3, -0.25) is 4.79 Å². The van der Waals surface area contributed by atoms with Crippen LogP contribution in [0, 0.1) is 0 Å². The normalized spacial score (nSPS) is 21.4. The summed E-state index contributed by atoms with van der Waals surface area (Å²) in [6, 6.07) is 1.96. The molecule has 126 valence electrons. The van der Waals surface area contributed by atoms with Crippen LogP contribution in [0.1, 0.15) is 31.7 Å². The van der Waals surface area contributed by atoms with E-state index in [2.05, 4.69) is 10.1 Å². The van der Waals surface area contributed by atoms with Crippen molar-refractivity contribution in [1.82, 2.24) is 14.8 Å². The van der Waals surface area contributed by atoms with Gasteiger partial charge in [-0.1, -0.05) is 0 Å². The number of hydrogen-bond acceptors (Lipinski definition) is 6. The molecule has 3 aromatic rings. The fourth-order valence-electron chi connectivity index (χ4n) is 3.53. The third-order valence-corrected chi connectivity index (χ3v) is 5.95. The van der Waals surface area contributed by atoms with Crippen LogP contribution in [0.25, 0.3) is 20.3 Å². The molecule has 24 heavy (non-hydrogen) atoms. The minimum atomic E-state index is -0.0292. The number of ether oxygens (including phenoxy) is 2. The molecule has 1 aliphatic rings. The van der Waals surface area contributed by atoms with Crippen molar-refractivity contribution in [3.8, 4) is 5.75 Å². The topological polar surface area (TPSA) is 66.2 Å². The molecule has 3 heterocycles. The van der Waals surface area contributed by atoms with E-state index in [1.165, 1.54) is 11.3 Å². The van der Waals surface area contributed by atoms with Crippen LogP contribution in [0.15, 0.2) is 23.3 Å². The number of rotatable bonds is 3. The van der Waals surface area contributed by atoms with E-state index in [0.717, 1.165) is 47.0 Å². The summed E-state index contributed by atoms with van der Waals surface area (Å²) in [6.45, 7) is 0. The van der Waals surface area contributed by atoms with Gasteiger partial charge in [0.2, 0.25) is 0 Å². The fourth-order valence-corrected chi connectivity index (χ4v) is 4.60. The Balaban J connectivity index is 1.82. The summed E-state index contributed by atoms with van der Waals surface area (Å²) in [5, 5.41) is 6.17. The number of thiophene rings is 1. The average molecular weight is 345 g/mol. The van der Waals surface area contributed by atoms with Gasteiger partial charge < -0.3 is 9.47 Å². The Morgan fingerprint density at radius 1 is 1.25 bits per heavy atom. The lowest BCUT2D eigenvalue weighted by atomic mass is 9.93. The minimum absolute atomic E-state index is 0.0292. The molecule has 0 spiro atoms. The number of nitrogens with zero attached hydrogens (tertiary/aromatic N) is 3. The van der Waals surface area contributed by atoms with Crippen LogP contribution in [0.3, 0.4) is 0 Å². The smallest absolute Gasteiger partial charge is 0.285 e. The van der Waals surface area contributed by atoms with E-state index in [4.69, 9.17) is 9.47 Å². The summed E-state index contributed by atoms with van der Waals surface area (Å²) in [4.78, 5) is 18.1. The molecule has 3 aromatic heterocycles. The molecule has 6 nitrogen and oxygen atoms in total. The number of methoxy groups -OCH3 is 2. The Kier molecular flexibility index (Phi) is 3.97. The van der Waals surface area contributed by atoms with E-state index < -0.39 is 0 Å². The number of hydrogen-bond donors (Lipinski definition) is 0. The summed E-state index contributed by atoms with van der Waals surface area (Å²) in [5.41, 5.74) is -0.0292. The maximum atomic E-state index is 13.0. The van der Waals surface area contributed by atoms with Crippen molar-refractivity contribution < 1.29 is 9.47 Å². The van der Waals surface area contributed by atoms with Gasteiger partial charge in [-0.05, 0) is 31.7 Å². The molecule has 1 saturated carbocycles. The molecule has 0 atom stereocenters. The second-order valence-corrected chi connectivity index (χ2v) is 7.10. The monoisotopic (exact) mass is 345 g/mol. The van der Waals surface area contributed by atoms with Crippen LogP contribution in [-0.4, -0.2) is 35.1 Å². The Morgan fingerprint density at radius 2 is 2.04 bits per heavy atom. The Bertz CT molecular complexity index is 941. The first-order chi connectivity index (χ1) is 11.7. The van der Waals surface area contributed by atoms with Crippen molar-refractivity contribution in [1.29, 1.82) is 0 Å². The van der Waals surface area contributed by atoms with Gasteiger partial charge in [0.1, 0.15) is 15.3 Å². The molecule has 4 rings (SSSR count). The summed E-state index contributed by atoms with van der Waals surface area (Å²) in [7, 11) is 3.38. The van der Waals surface area contributed by atoms with E-state index in [1.807, 2.05) is 6.07 Å². The Labute approximate surface area is 143 Å². The van der Waals surface area contributed by atoms with Crippen molar-refractivity contribution in [2.24, 2.45) is 0 Å². The highest BCUT2D eigenvalue weighted by atomic mass is 32.1. The third-order valence-electron chi connectivity index (χ3n) is 4.85. The molecule has 7 heteroatoms. The summed E-state index contributed by atoms with van der Waals surface area (Å²) < 4.78 is 13.2. The molecule has 0 aromatic carbocycles. The second-order valence-electron chi connectivity index (χ2n) is 6.10. The summed E-state index contributed by atoms with van der Waals surface area (Å²) in [6.07, 6.45) is 7.56. The van der Waals surface area contributed by atoms with Crippen LogP contribution >= 0.6 is 11.3 Å². The van der Waals surface area contributed by atoms with Gasteiger partial charge >= 0.3 is 0 Å². The van der Waals surface area contributed by atoms with Gasteiger partial charge in [-0.2, -0.15) is 5.10 Å². The van der Waals surface area contributed by atoms with Gasteiger partial charge in [0.25, 0.3) is 5.56 Å². The maximum absolute atomic E-state index is 13.0. The molecular weight excluding hydrogens is 326 g/mol. The van der Waals surface area contributed by atoms with Crippen molar-refractivity contribution in [3.05, 3.63) is 28.8 Å². The minimum Gasteiger partial charge on any atom is -0.496 e. The van der Waals surface area contributed by atoms with Crippen LogP contribution in [0.4, 0.5) is 0 Å². The van der Waals surface area contributed by atoms with E-state index in [-0.39, 0.29) is 11.6 Å². The Morgan fingerprint density at radius 3 is 2.75 bits per heavy atom. The van der Waals surface area contributed by atoms with Gasteiger partial charge in [0, 0.05) is 18.7 Å². The number of aromatic nitrogens is 3. The lowest BCUT2D eigenvalue weighted by Gasteiger charge is -2.27. The Hall–Kier alpha value is -1.99. The van der Waals surface area contributed by atoms with Crippen LogP contribution in [-0.2, 0) is 4.74 Å². The standard InChI is InChI=1S/C17H19N3O3S/c1-22-11-5-3-10(4-6-11)20-17(21)15-12(9-19-20)14-13(23-2)7-8-18-16(14)24-15/h7-11H,3-6H2,1-2H3. The molecule has 1 aliphatic carbocycles. The first-order valence-electron chi connectivity index (χ1n) is 8.08. The molecule has 0 N–H and O–H groups in total. The van der Waals surface area contributed by atoms with Crippen LogP contribution in [0.2, 0.25) is 0 Å². The average Bonchev–Trinajstić information content (AvgIpc) is 3.02. The first kappa shape index (κ1) is 15.5. The van der Waals surface area contributed by atoms with E-state index in [9.17, 15) is 4.79 Å². The number of fused-ring (bicyclic) bond motifs is 3. The molecule has 0 saturated heterocycles. The zero-order chi connectivity index (χ0) is 16.7. The fraction of sp³-hybridized carbons (Fsp3) is 0.471. The highest BCUT2D eigenvalue weighted by molar-refractivity contribution is 7.25. The van der Waals surface area contributed by atoms with Crippen molar-refractivity contribution in [2.75, 3.05) is 14.2 Å². The molecule has 0 unspecified atom stereocenters. The zero-order valence-corrected chi connectivity index (χ0v) is 14.5. The SMILES string of the molecule is COc1ccnc2sc3c(=O)n(C4CCC(OC)CC4)ncc3c12. The predicted octanol–water partition coefficient (Wildman–Crippen LogP) is 3.14. The molecular formula is C17H19N3O3S. The van der Waals surface area contributed by atoms with Crippen molar-refractivity contribution in [2.45, 2.75) is 37.8 Å². The molecule has 0 radical (unpaired) electrons. The third kappa shape index (κ3) is 2.39.